The predicted octanol–water partition coefficient (Wildman–Crippen LogP) is 2.34. The zero-order chi connectivity index (χ0) is 10.7. The van der Waals surface area contributed by atoms with Gasteiger partial charge in [-0.3, -0.25) is 4.79 Å². The van der Waals surface area contributed by atoms with Crippen molar-refractivity contribution in [1.29, 1.82) is 0 Å². The highest BCUT2D eigenvalue weighted by Gasteiger charge is 2.11. The maximum Gasteiger partial charge on any atom is 0.168 e. The molecule has 3 nitrogen and oxygen atoms in total. The molecule has 0 aliphatic rings. The van der Waals surface area contributed by atoms with E-state index in [1.807, 2.05) is 13.8 Å². The molecule has 1 aromatic carbocycles. The van der Waals surface area contributed by atoms with Crippen LogP contribution in [0.2, 0.25) is 0 Å². The number of methoxy groups -OCH3 is 1. The maximum atomic E-state index is 10.7. The second-order valence-electron chi connectivity index (χ2n) is 3.43. The van der Waals surface area contributed by atoms with Gasteiger partial charge in [0.25, 0.3) is 0 Å². The first-order chi connectivity index (χ1) is 6.60. The number of carbonyl (C=O) groups is 1. The highest BCUT2D eigenvalue weighted by Crippen LogP contribution is 2.32. The third-order valence-electron chi connectivity index (χ3n) is 2.14. The largest absolute Gasteiger partial charge is 0.504 e. The van der Waals surface area contributed by atoms with Crippen LogP contribution in [0.4, 0.5) is 0 Å². The molecule has 0 radical (unpaired) electrons. The molecule has 0 fully saturated rings. The molecule has 0 heterocycles. The lowest BCUT2D eigenvalue weighted by atomic mass is 10.00. The van der Waals surface area contributed by atoms with Crippen molar-refractivity contribution in [1.82, 2.24) is 0 Å². The molecule has 0 aliphatic heterocycles. The first kappa shape index (κ1) is 10.6. The summed E-state index contributed by atoms with van der Waals surface area (Å²) in [6.07, 6.45) is 0.629. The van der Waals surface area contributed by atoms with Gasteiger partial charge in [-0.15, -0.1) is 0 Å². The van der Waals surface area contributed by atoms with E-state index in [2.05, 4.69) is 0 Å². The van der Waals surface area contributed by atoms with Gasteiger partial charge in [0.1, 0.15) is 0 Å². The van der Waals surface area contributed by atoms with Gasteiger partial charge in [-0.05, 0) is 23.6 Å². The van der Waals surface area contributed by atoms with Crippen LogP contribution in [0.3, 0.4) is 0 Å². The first-order valence-electron chi connectivity index (χ1n) is 4.46. The molecular weight excluding hydrogens is 180 g/mol. The number of aldehydes is 1. The van der Waals surface area contributed by atoms with Crippen molar-refractivity contribution in [3.05, 3.63) is 23.3 Å². The predicted molar refractivity (Wildman–Crippen MR) is 54.1 cm³/mol. The van der Waals surface area contributed by atoms with Gasteiger partial charge in [0, 0.05) is 0 Å². The summed E-state index contributed by atoms with van der Waals surface area (Å²) >= 11 is 0. The fourth-order valence-corrected chi connectivity index (χ4v) is 1.23. The van der Waals surface area contributed by atoms with E-state index in [-0.39, 0.29) is 11.3 Å². The van der Waals surface area contributed by atoms with E-state index in [0.29, 0.717) is 18.0 Å². The standard InChI is InChI=1S/C11H14O3/c1-7(2)8-4-9(6-12)11(13)10(5-8)14-3/h4-7,13H,1-3H3. The van der Waals surface area contributed by atoms with Crippen LogP contribution in [0.5, 0.6) is 11.5 Å². The molecule has 0 saturated carbocycles. The van der Waals surface area contributed by atoms with Crippen molar-refractivity contribution in [2.24, 2.45) is 0 Å². The van der Waals surface area contributed by atoms with E-state index in [0.717, 1.165) is 5.56 Å². The van der Waals surface area contributed by atoms with Crippen molar-refractivity contribution in [2.45, 2.75) is 19.8 Å². The van der Waals surface area contributed by atoms with Crippen LogP contribution < -0.4 is 4.74 Å². The quantitative estimate of drug-likeness (QED) is 0.751. The number of benzene rings is 1. The number of rotatable bonds is 3. The smallest absolute Gasteiger partial charge is 0.168 e. The Morgan fingerprint density at radius 1 is 1.43 bits per heavy atom. The number of phenolic OH excluding ortho intramolecular Hbond substituents is 1. The van der Waals surface area contributed by atoms with E-state index in [1.165, 1.54) is 7.11 Å². The molecule has 76 valence electrons. The number of ether oxygens (including phenoxy) is 1. The van der Waals surface area contributed by atoms with Gasteiger partial charge in [0.2, 0.25) is 0 Å². The molecule has 0 unspecified atom stereocenters. The summed E-state index contributed by atoms with van der Waals surface area (Å²) in [4.78, 5) is 10.7. The molecule has 1 N–H and O–H groups in total. The molecule has 14 heavy (non-hydrogen) atoms. The monoisotopic (exact) mass is 194 g/mol. The fraction of sp³-hybridized carbons (Fsp3) is 0.364. The SMILES string of the molecule is COc1cc(C(C)C)cc(C=O)c1O. The summed E-state index contributed by atoms with van der Waals surface area (Å²) in [6, 6.07) is 3.42. The molecule has 0 saturated heterocycles. The van der Waals surface area contributed by atoms with Gasteiger partial charge >= 0.3 is 0 Å². The van der Waals surface area contributed by atoms with E-state index in [9.17, 15) is 9.90 Å². The second kappa shape index (κ2) is 4.13. The van der Waals surface area contributed by atoms with Crippen molar-refractivity contribution in [2.75, 3.05) is 7.11 Å². The minimum Gasteiger partial charge on any atom is -0.504 e. The number of phenols is 1. The Balaban J connectivity index is 3.31. The fourth-order valence-electron chi connectivity index (χ4n) is 1.23. The van der Waals surface area contributed by atoms with Crippen LogP contribution in [0.25, 0.3) is 0 Å². The number of carbonyl (C=O) groups excluding carboxylic acids is 1. The molecular formula is C11H14O3. The summed E-state index contributed by atoms with van der Waals surface area (Å²) in [5.74, 6) is 0.549. The van der Waals surface area contributed by atoms with E-state index in [1.54, 1.807) is 12.1 Å². The van der Waals surface area contributed by atoms with Gasteiger partial charge in [-0.25, -0.2) is 0 Å². The lowest BCUT2D eigenvalue weighted by Crippen LogP contribution is -1.94. The average Bonchev–Trinajstić information content (AvgIpc) is 2.17. The molecule has 0 amide bonds. The van der Waals surface area contributed by atoms with Gasteiger partial charge in [-0.1, -0.05) is 13.8 Å². The van der Waals surface area contributed by atoms with Crippen molar-refractivity contribution >= 4 is 6.29 Å². The van der Waals surface area contributed by atoms with Crippen molar-refractivity contribution in [3.8, 4) is 11.5 Å². The Bertz CT molecular complexity index is 343. The highest BCUT2D eigenvalue weighted by atomic mass is 16.5. The molecule has 0 aliphatic carbocycles. The maximum absolute atomic E-state index is 10.7. The Labute approximate surface area is 83.3 Å². The van der Waals surface area contributed by atoms with Gasteiger partial charge in [0.05, 0.1) is 12.7 Å². The number of hydrogen-bond acceptors (Lipinski definition) is 3. The molecule has 0 spiro atoms. The molecule has 0 bridgehead atoms. The van der Waals surface area contributed by atoms with Gasteiger partial charge in [-0.2, -0.15) is 0 Å². The molecule has 3 heteroatoms. The Morgan fingerprint density at radius 2 is 2.07 bits per heavy atom. The lowest BCUT2D eigenvalue weighted by Gasteiger charge is -2.11. The molecule has 1 aromatic rings. The average molecular weight is 194 g/mol. The summed E-state index contributed by atoms with van der Waals surface area (Å²) in [5.41, 5.74) is 1.25. The number of aromatic hydroxyl groups is 1. The first-order valence-corrected chi connectivity index (χ1v) is 4.46. The van der Waals surface area contributed by atoms with Crippen LogP contribution in [-0.2, 0) is 0 Å². The summed E-state index contributed by atoms with van der Waals surface area (Å²) < 4.78 is 4.97. The third-order valence-corrected chi connectivity index (χ3v) is 2.14. The summed E-state index contributed by atoms with van der Waals surface area (Å²) in [5, 5.41) is 9.54. The summed E-state index contributed by atoms with van der Waals surface area (Å²) in [6.45, 7) is 4.03. The van der Waals surface area contributed by atoms with Gasteiger partial charge in [0.15, 0.2) is 17.8 Å². The second-order valence-corrected chi connectivity index (χ2v) is 3.43. The zero-order valence-corrected chi connectivity index (χ0v) is 8.57. The van der Waals surface area contributed by atoms with E-state index in [4.69, 9.17) is 4.74 Å². The van der Waals surface area contributed by atoms with E-state index >= 15 is 0 Å². The highest BCUT2D eigenvalue weighted by molar-refractivity contribution is 5.81. The van der Waals surface area contributed by atoms with Crippen LogP contribution in [0.1, 0.15) is 35.7 Å². The lowest BCUT2D eigenvalue weighted by molar-refractivity contribution is 0.112. The van der Waals surface area contributed by atoms with Crippen molar-refractivity contribution in [3.63, 3.8) is 0 Å². The normalized spacial score (nSPS) is 10.3. The van der Waals surface area contributed by atoms with Crippen LogP contribution >= 0.6 is 0 Å². The van der Waals surface area contributed by atoms with Crippen molar-refractivity contribution < 1.29 is 14.6 Å². The molecule has 1 rings (SSSR count). The van der Waals surface area contributed by atoms with Gasteiger partial charge < -0.3 is 9.84 Å². The Hall–Kier alpha value is -1.51. The minimum atomic E-state index is -0.0908. The topological polar surface area (TPSA) is 46.5 Å². The van der Waals surface area contributed by atoms with Crippen LogP contribution in [0, 0.1) is 0 Å². The van der Waals surface area contributed by atoms with E-state index < -0.39 is 0 Å². The minimum absolute atomic E-state index is 0.0908. The van der Waals surface area contributed by atoms with Crippen LogP contribution in [0.15, 0.2) is 12.1 Å². The molecule has 0 atom stereocenters. The molecule has 0 aromatic heterocycles. The Morgan fingerprint density at radius 3 is 2.50 bits per heavy atom. The summed E-state index contributed by atoms with van der Waals surface area (Å²) in [7, 11) is 1.47. The zero-order valence-electron chi connectivity index (χ0n) is 8.57. The third kappa shape index (κ3) is 1.87. The van der Waals surface area contributed by atoms with Crippen LogP contribution in [-0.4, -0.2) is 18.5 Å². The number of hydrogen-bond donors (Lipinski definition) is 1. The Kier molecular flexibility index (Phi) is 3.12.